The number of carbonyl (C=O) groups is 1. The molecule has 0 radical (unpaired) electrons. The van der Waals surface area contributed by atoms with Crippen molar-refractivity contribution in [3.63, 3.8) is 0 Å². The molecule has 1 aliphatic heterocycles. The third kappa shape index (κ3) is 5.91. The first-order chi connectivity index (χ1) is 9.79. The van der Waals surface area contributed by atoms with Crippen molar-refractivity contribution in [2.24, 2.45) is 0 Å². The van der Waals surface area contributed by atoms with Crippen LogP contribution in [0.15, 0.2) is 24.3 Å². The molecule has 0 aromatic heterocycles. The van der Waals surface area contributed by atoms with Gasteiger partial charge in [0.2, 0.25) is 5.91 Å². The summed E-state index contributed by atoms with van der Waals surface area (Å²) in [4.78, 5) is 11.8. The number of benzene rings is 1. The van der Waals surface area contributed by atoms with Crippen LogP contribution in [0.1, 0.15) is 12.0 Å². The molecule has 0 saturated carbocycles. The van der Waals surface area contributed by atoms with Gasteiger partial charge in [-0.25, -0.2) is 0 Å². The average molecular weight is 315 g/mol. The molecule has 1 amide bonds. The van der Waals surface area contributed by atoms with Crippen LogP contribution in [0.3, 0.4) is 0 Å². The fourth-order valence-corrected chi connectivity index (χ4v) is 2.29. The van der Waals surface area contributed by atoms with Gasteiger partial charge in [0.05, 0.1) is 20.3 Å². The zero-order valence-corrected chi connectivity index (χ0v) is 13.1. The van der Waals surface area contributed by atoms with E-state index in [4.69, 9.17) is 9.47 Å². The van der Waals surface area contributed by atoms with Crippen LogP contribution in [0.4, 0.5) is 0 Å². The Hall–Kier alpha value is -1.30. The van der Waals surface area contributed by atoms with Crippen LogP contribution in [-0.4, -0.2) is 45.4 Å². The first kappa shape index (κ1) is 17.8. The van der Waals surface area contributed by atoms with Crippen LogP contribution in [0.2, 0.25) is 0 Å². The summed E-state index contributed by atoms with van der Waals surface area (Å²) in [6.07, 6.45) is 1.23. The number of morpholine rings is 1. The van der Waals surface area contributed by atoms with Crippen LogP contribution in [0.5, 0.6) is 5.75 Å². The maximum absolute atomic E-state index is 11.8. The molecule has 0 spiro atoms. The molecular formula is C15H23ClN2O3. The Kier molecular flexibility index (Phi) is 8.12. The van der Waals surface area contributed by atoms with Crippen LogP contribution in [0, 0.1) is 0 Å². The summed E-state index contributed by atoms with van der Waals surface area (Å²) in [6, 6.07) is 8.00. The van der Waals surface area contributed by atoms with Crippen LogP contribution in [-0.2, 0) is 16.0 Å². The minimum atomic E-state index is 0. The molecular weight excluding hydrogens is 292 g/mol. The number of hydrogen-bond donors (Lipinski definition) is 2. The van der Waals surface area contributed by atoms with E-state index < -0.39 is 0 Å². The topological polar surface area (TPSA) is 59.6 Å². The summed E-state index contributed by atoms with van der Waals surface area (Å²) in [7, 11) is 1.66. The van der Waals surface area contributed by atoms with Crippen molar-refractivity contribution < 1.29 is 14.3 Å². The van der Waals surface area contributed by atoms with Gasteiger partial charge in [-0.15, -0.1) is 12.4 Å². The number of ether oxygens (including phenoxy) is 2. The normalized spacial score (nSPS) is 17.7. The highest BCUT2D eigenvalue weighted by Gasteiger charge is 2.16. The summed E-state index contributed by atoms with van der Waals surface area (Å²) >= 11 is 0. The van der Waals surface area contributed by atoms with Crippen LogP contribution >= 0.6 is 12.4 Å². The molecule has 1 fully saturated rings. The smallest absolute Gasteiger partial charge is 0.221 e. The van der Waals surface area contributed by atoms with E-state index in [-0.39, 0.29) is 24.4 Å². The lowest BCUT2D eigenvalue weighted by Crippen LogP contribution is -2.44. The molecule has 2 rings (SSSR count). The molecule has 1 aromatic carbocycles. The lowest BCUT2D eigenvalue weighted by atomic mass is 10.1. The van der Waals surface area contributed by atoms with E-state index in [0.717, 1.165) is 30.9 Å². The van der Waals surface area contributed by atoms with Gasteiger partial charge in [0, 0.05) is 25.6 Å². The SMILES string of the molecule is COc1ccccc1CCNC(=O)CC1COCCN1.Cl. The van der Waals surface area contributed by atoms with E-state index in [1.807, 2.05) is 24.3 Å². The fraction of sp³-hybridized carbons (Fsp3) is 0.533. The Balaban J connectivity index is 0.00000220. The number of carbonyl (C=O) groups excluding carboxylic acids is 1. The third-order valence-corrected chi connectivity index (χ3v) is 3.34. The van der Waals surface area contributed by atoms with E-state index in [2.05, 4.69) is 10.6 Å². The van der Waals surface area contributed by atoms with Gasteiger partial charge in [0.25, 0.3) is 0 Å². The maximum atomic E-state index is 11.8. The molecule has 1 heterocycles. The largest absolute Gasteiger partial charge is 0.496 e. The monoisotopic (exact) mass is 314 g/mol. The first-order valence-corrected chi connectivity index (χ1v) is 6.99. The summed E-state index contributed by atoms with van der Waals surface area (Å²) < 4.78 is 10.6. The highest BCUT2D eigenvalue weighted by Crippen LogP contribution is 2.17. The van der Waals surface area contributed by atoms with Crippen molar-refractivity contribution in [1.29, 1.82) is 0 Å². The Bertz CT molecular complexity index is 437. The number of nitrogens with one attached hydrogen (secondary N) is 2. The minimum Gasteiger partial charge on any atom is -0.496 e. The van der Waals surface area contributed by atoms with E-state index >= 15 is 0 Å². The lowest BCUT2D eigenvalue weighted by molar-refractivity contribution is -0.122. The Morgan fingerprint density at radius 3 is 3.00 bits per heavy atom. The number of methoxy groups -OCH3 is 1. The summed E-state index contributed by atoms with van der Waals surface area (Å²) in [5.74, 6) is 0.923. The maximum Gasteiger partial charge on any atom is 0.221 e. The predicted octanol–water partition coefficient (Wildman–Crippen LogP) is 1.15. The standard InChI is InChI=1S/C15H22N2O3.ClH/c1-19-14-5-3-2-4-12(14)6-7-17-15(18)10-13-11-20-9-8-16-13;/h2-5,13,16H,6-11H2,1H3,(H,17,18);1H. The molecule has 118 valence electrons. The number of para-hydroxylation sites is 1. The quantitative estimate of drug-likeness (QED) is 0.827. The third-order valence-electron chi connectivity index (χ3n) is 3.34. The molecule has 1 aliphatic rings. The predicted molar refractivity (Wildman–Crippen MR) is 84.2 cm³/mol. The van der Waals surface area contributed by atoms with E-state index in [9.17, 15) is 4.79 Å². The average Bonchev–Trinajstić information content (AvgIpc) is 2.49. The molecule has 6 heteroatoms. The van der Waals surface area contributed by atoms with Crippen molar-refractivity contribution in [2.75, 3.05) is 33.4 Å². The molecule has 1 unspecified atom stereocenters. The van der Waals surface area contributed by atoms with Gasteiger partial charge >= 0.3 is 0 Å². The fourth-order valence-electron chi connectivity index (χ4n) is 2.29. The summed E-state index contributed by atoms with van der Waals surface area (Å²) in [5, 5.41) is 6.21. The number of rotatable bonds is 6. The number of amides is 1. The van der Waals surface area contributed by atoms with Crippen LogP contribution in [0.25, 0.3) is 0 Å². The second-order valence-electron chi connectivity index (χ2n) is 4.84. The molecule has 2 N–H and O–H groups in total. The van der Waals surface area contributed by atoms with Gasteiger partial charge in [-0.05, 0) is 18.1 Å². The van der Waals surface area contributed by atoms with Gasteiger partial charge in [0.1, 0.15) is 5.75 Å². The Morgan fingerprint density at radius 2 is 2.29 bits per heavy atom. The second kappa shape index (κ2) is 9.60. The van der Waals surface area contributed by atoms with Gasteiger partial charge in [-0.3, -0.25) is 4.79 Å². The molecule has 1 atom stereocenters. The summed E-state index contributed by atoms with van der Waals surface area (Å²) in [6.45, 7) is 2.78. The highest BCUT2D eigenvalue weighted by atomic mass is 35.5. The zero-order valence-electron chi connectivity index (χ0n) is 12.3. The molecule has 1 saturated heterocycles. The number of hydrogen-bond acceptors (Lipinski definition) is 4. The molecule has 5 nitrogen and oxygen atoms in total. The van der Waals surface area contributed by atoms with E-state index in [1.54, 1.807) is 7.11 Å². The van der Waals surface area contributed by atoms with E-state index in [1.165, 1.54) is 0 Å². The second-order valence-corrected chi connectivity index (χ2v) is 4.84. The van der Waals surface area contributed by atoms with Gasteiger partial charge < -0.3 is 20.1 Å². The minimum absolute atomic E-state index is 0. The highest BCUT2D eigenvalue weighted by molar-refractivity contribution is 5.85. The van der Waals surface area contributed by atoms with Gasteiger partial charge in [0.15, 0.2) is 0 Å². The first-order valence-electron chi connectivity index (χ1n) is 6.99. The van der Waals surface area contributed by atoms with Crippen LogP contribution < -0.4 is 15.4 Å². The van der Waals surface area contributed by atoms with Crippen molar-refractivity contribution in [3.8, 4) is 5.75 Å². The van der Waals surface area contributed by atoms with Crippen molar-refractivity contribution in [1.82, 2.24) is 10.6 Å². The van der Waals surface area contributed by atoms with Crippen molar-refractivity contribution in [2.45, 2.75) is 18.9 Å². The van der Waals surface area contributed by atoms with Gasteiger partial charge in [-0.1, -0.05) is 18.2 Å². The van der Waals surface area contributed by atoms with E-state index in [0.29, 0.717) is 19.6 Å². The molecule has 21 heavy (non-hydrogen) atoms. The molecule has 0 bridgehead atoms. The number of halogens is 1. The summed E-state index contributed by atoms with van der Waals surface area (Å²) in [5.41, 5.74) is 1.11. The van der Waals surface area contributed by atoms with Crippen molar-refractivity contribution in [3.05, 3.63) is 29.8 Å². The Morgan fingerprint density at radius 1 is 1.48 bits per heavy atom. The Labute approximate surface area is 131 Å². The lowest BCUT2D eigenvalue weighted by Gasteiger charge is -2.23. The molecule has 0 aliphatic carbocycles. The molecule has 1 aromatic rings. The van der Waals surface area contributed by atoms with Gasteiger partial charge in [-0.2, -0.15) is 0 Å². The van der Waals surface area contributed by atoms with Crippen molar-refractivity contribution >= 4 is 18.3 Å². The zero-order chi connectivity index (χ0) is 14.2.